The highest BCUT2D eigenvalue weighted by Gasteiger charge is 2.20. The van der Waals surface area contributed by atoms with Crippen molar-refractivity contribution in [2.24, 2.45) is 5.92 Å². The second-order valence-electron chi connectivity index (χ2n) is 6.74. The van der Waals surface area contributed by atoms with Gasteiger partial charge in [-0.05, 0) is 25.3 Å². The average molecular weight is 369 g/mol. The molecule has 3 aromatic rings. The first-order valence-corrected chi connectivity index (χ1v) is 9.47. The number of amides is 1. The minimum atomic E-state index is -0.188. The van der Waals surface area contributed by atoms with E-state index in [-0.39, 0.29) is 5.91 Å². The zero-order valence-electron chi connectivity index (χ0n) is 15.5. The van der Waals surface area contributed by atoms with Gasteiger partial charge in [-0.1, -0.05) is 55.5 Å². The van der Waals surface area contributed by atoms with E-state index in [1.54, 1.807) is 0 Å². The predicted octanol–water partition coefficient (Wildman–Crippen LogP) is 3.85. The van der Waals surface area contributed by atoms with Crippen LogP contribution in [0.25, 0.3) is 0 Å². The van der Waals surface area contributed by atoms with E-state index in [0.717, 1.165) is 22.7 Å². The molecule has 3 rings (SSSR count). The number of rotatable bonds is 6. The van der Waals surface area contributed by atoms with Crippen LogP contribution in [-0.2, 0) is 13.0 Å². The number of nitrogens with zero attached hydrogens (tertiary/aromatic N) is 4. The molecular formula is C19H23N5OS. The summed E-state index contributed by atoms with van der Waals surface area (Å²) in [5, 5.41) is 17.1. The van der Waals surface area contributed by atoms with E-state index in [9.17, 15) is 4.79 Å². The van der Waals surface area contributed by atoms with Crippen molar-refractivity contribution >= 4 is 22.4 Å². The van der Waals surface area contributed by atoms with Gasteiger partial charge in [0.2, 0.25) is 5.13 Å². The number of hydrogen-bond donors (Lipinski definition) is 1. The van der Waals surface area contributed by atoms with E-state index in [1.807, 2.05) is 48.9 Å². The van der Waals surface area contributed by atoms with Crippen LogP contribution >= 0.6 is 11.3 Å². The molecule has 0 aliphatic rings. The van der Waals surface area contributed by atoms with Gasteiger partial charge in [0.25, 0.3) is 5.91 Å². The molecule has 0 atom stereocenters. The fourth-order valence-corrected chi connectivity index (χ4v) is 3.78. The molecule has 0 aliphatic heterocycles. The van der Waals surface area contributed by atoms with Crippen molar-refractivity contribution in [2.45, 2.75) is 40.7 Å². The molecule has 2 aromatic heterocycles. The van der Waals surface area contributed by atoms with Crippen molar-refractivity contribution in [3.8, 4) is 0 Å². The van der Waals surface area contributed by atoms with Gasteiger partial charge < -0.3 is 0 Å². The summed E-state index contributed by atoms with van der Waals surface area (Å²) in [5.41, 5.74) is 3.30. The first kappa shape index (κ1) is 18.3. The van der Waals surface area contributed by atoms with Crippen molar-refractivity contribution in [3.63, 3.8) is 0 Å². The lowest BCUT2D eigenvalue weighted by atomic mass is 10.1. The standard InChI is InChI=1S/C19H23N5OS/c1-12(2)10-16-21-22-19(26-16)20-18(25)17-13(3)23-24(14(17)4)11-15-8-6-5-7-9-15/h5-9,12H,10-11H2,1-4H3,(H,20,22,25). The molecule has 0 saturated carbocycles. The Morgan fingerprint density at radius 2 is 1.92 bits per heavy atom. The zero-order valence-corrected chi connectivity index (χ0v) is 16.3. The van der Waals surface area contributed by atoms with Gasteiger partial charge in [0.15, 0.2) is 0 Å². The summed E-state index contributed by atoms with van der Waals surface area (Å²) in [6.07, 6.45) is 0.862. The van der Waals surface area contributed by atoms with Crippen LogP contribution in [0.5, 0.6) is 0 Å². The van der Waals surface area contributed by atoms with Gasteiger partial charge in [-0.2, -0.15) is 5.10 Å². The number of carbonyl (C=O) groups is 1. The topological polar surface area (TPSA) is 72.7 Å². The minimum absolute atomic E-state index is 0.188. The van der Waals surface area contributed by atoms with Crippen LogP contribution in [0, 0.1) is 19.8 Å². The fraction of sp³-hybridized carbons (Fsp3) is 0.368. The van der Waals surface area contributed by atoms with E-state index in [1.165, 1.54) is 11.3 Å². The summed E-state index contributed by atoms with van der Waals surface area (Å²) in [5.74, 6) is 0.318. The molecule has 0 unspecified atom stereocenters. The van der Waals surface area contributed by atoms with Crippen LogP contribution in [0.2, 0.25) is 0 Å². The quantitative estimate of drug-likeness (QED) is 0.716. The van der Waals surface area contributed by atoms with E-state index in [0.29, 0.717) is 28.9 Å². The summed E-state index contributed by atoms with van der Waals surface area (Å²) in [4.78, 5) is 12.7. The van der Waals surface area contributed by atoms with Crippen LogP contribution in [0.3, 0.4) is 0 Å². The summed E-state index contributed by atoms with van der Waals surface area (Å²) >= 11 is 1.42. The Balaban J connectivity index is 1.76. The molecule has 1 aromatic carbocycles. The SMILES string of the molecule is Cc1nn(Cc2ccccc2)c(C)c1C(=O)Nc1nnc(CC(C)C)s1. The van der Waals surface area contributed by atoms with E-state index in [4.69, 9.17) is 0 Å². The van der Waals surface area contributed by atoms with Crippen LogP contribution in [0.4, 0.5) is 5.13 Å². The lowest BCUT2D eigenvalue weighted by Gasteiger charge is -2.05. The summed E-state index contributed by atoms with van der Waals surface area (Å²) in [7, 11) is 0. The molecule has 26 heavy (non-hydrogen) atoms. The maximum Gasteiger partial charge on any atom is 0.261 e. The molecular weight excluding hydrogens is 346 g/mol. The average Bonchev–Trinajstić information content (AvgIpc) is 3.12. The molecule has 1 N–H and O–H groups in total. The Bertz CT molecular complexity index is 898. The first-order valence-electron chi connectivity index (χ1n) is 8.65. The molecule has 136 valence electrons. The first-order chi connectivity index (χ1) is 12.4. The van der Waals surface area contributed by atoms with E-state index < -0.39 is 0 Å². The van der Waals surface area contributed by atoms with Gasteiger partial charge in [0.1, 0.15) is 5.01 Å². The maximum absolute atomic E-state index is 12.7. The van der Waals surface area contributed by atoms with Gasteiger partial charge in [0, 0.05) is 12.1 Å². The van der Waals surface area contributed by atoms with Gasteiger partial charge in [-0.3, -0.25) is 14.8 Å². The fourth-order valence-electron chi connectivity index (χ4n) is 2.83. The van der Waals surface area contributed by atoms with Crippen LogP contribution in [0.15, 0.2) is 30.3 Å². The second kappa shape index (κ2) is 7.78. The largest absolute Gasteiger partial charge is 0.296 e. The molecule has 6 nitrogen and oxygen atoms in total. The van der Waals surface area contributed by atoms with Gasteiger partial charge in [0.05, 0.1) is 17.8 Å². The molecule has 1 amide bonds. The molecule has 0 saturated heterocycles. The maximum atomic E-state index is 12.7. The minimum Gasteiger partial charge on any atom is -0.296 e. The second-order valence-corrected chi connectivity index (χ2v) is 7.80. The lowest BCUT2D eigenvalue weighted by molar-refractivity contribution is 0.102. The lowest BCUT2D eigenvalue weighted by Crippen LogP contribution is -2.14. The molecule has 2 heterocycles. The number of anilines is 1. The van der Waals surface area contributed by atoms with Crippen molar-refractivity contribution in [2.75, 3.05) is 5.32 Å². The smallest absolute Gasteiger partial charge is 0.261 e. The Morgan fingerprint density at radius 3 is 2.62 bits per heavy atom. The van der Waals surface area contributed by atoms with Gasteiger partial charge >= 0.3 is 0 Å². The zero-order chi connectivity index (χ0) is 18.7. The number of nitrogens with one attached hydrogen (secondary N) is 1. The summed E-state index contributed by atoms with van der Waals surface area (Å²) in [6, 6.07) is 10.1. The van der Waals surface area contributed by atoms with E-state index in [2.05, 4.69) is 34.5 Å². The normalized spacial score (nSPS) is 11.1. The monoisotopic (exact) mass is 369 g/mol. The predicted molar refractivity (Wildman–Crippen MR) is 104 cm³/mol. The van der Waals surface area contributed by atoms with Gasteiger partial charge in [-0.25, -0.2) is 0 Å². The van der Waals surface area contributed by atoms with Crippen molar-refractivity contribution in [1.82, 2.24) is 20.0 Å². The number of aromatic nitrogens is 4. The highest BCUT2D eigenvalue weighted by Crippen LogP contribution is 2.21. The molecule has 0 bridgehead atoms. The Morgan fingerprint density at radius 1 is 1.19 bits per heavy atom. The number of aryl methyl sites for hydroxylation is 1. The highest BCUT2D eigenvalue weighted by atomic mass is 32.1. The van der Waals surface area contributed by atoms with Crippen molar-refractivity contribution in [1.29, 1.82) is 0 Å². The number of hydrogen-bond acceptors (Lipinski definition) is 5. The molecule has 0 spiro atoms. The third kappa shape index (κ3) is 4.16. The number of carbonyl (C=O) groups excluding carboxylic acids is 1. The highest BCUT2D eigenvalue weighted by molar-refractivity contribution is 7.15. The van der Waals surface area contributed by atoms with Crippen molar-refractivity contribution in [3.05, 3.63) is 57.9 Å². The Hall–Kier alpha value is -2.54. The van der Waals surface area contributed by atoms with Crippen molar-refractivity contribution < 1.29 is 4.79 Å². The number of benzene rings is 1. The Kier molecular flexibility index (Phi) is 5.46. The summed E-state index contributed by atoms with van der Waals surface area (Å²) < 4.78 is 1.86. The molecule has 0 radical (unpaired) electrons. The van der Waals surface area contributed by atoms with E-state index >= 15 is 0 Å². The molecule has 0 aliphatic carbocycles. The van der Waals surface area contributed by atoms with Crippen LogP contribution in [0.1, 0.15) is 46.2 Å². The molecule has 0 fully saturated rings. The molecule has 7 heteroatoms. The Labute approximate surface area is 157 Å². The van der Waals surface area contributed by atoms with Gasteiger partial charge in [-0.15, -0.1) is 10.2 Å². The van der Waals surface area contributed by atoms with Crippen LogP contribution < -0.4 is 5.32 Å². The summed E-state index contributed by atoms with van der Waals surface area (Å²) in [6.45, 7) is 8.68. The van der Waals surface area contributed by atoms with Crippen LogP contribution in [-0.4, -0.2) is 25.9 Å². The third-order valence-electron chi connectivity index (χ3n) is 4.05. The third-order valence-corrected chi connectivity index (χ3v) is 4.91.